The highest BCUT2D eigenvalue weighted by Gasteiger charge is 2.33. The van der Waals surface area contributed by atoms with Gasteiger partial charge in [0.1, 0.15) is 5.84 Å². The number of pyridine rings is 1. The second kappa shape index (κ2) is 12.5. The minimum Gasteiger partial charge on any atom is -0.382 e. The van der Waals surface area contributed by atoms with Crippen LogP contribution in [0.5, 0.6) is 0 Å². The van der Waals surface area contributed by atoms with Gasteiger partial charge in [-0.05, 0) is 24.5 Å². The van der Waals surface area contributed by atoms with Gasteiger partial charge in [0.25, 0.3) is 0 Å². The predicted molar refractivity (Wildman–Crippen MR) is 128 cm³/mol. The molecule has 0 saturated heterocycles. The molecule has 0 amide bonds. The van der Waals surface area contributed by atoms with Crippen LogP contribution < -0.4 is 11.5 Å². The maximum atomic E-state index is 14.1. The van der Waals surface area contributed by atoms with Crippen molar-refractivity contribution in [2.75, 3.05) is 0 Å². The zero-order valence-corrected chi connectivity index (χ0v) is 18.9. The van der Waals surface area contributed by atoms with Gasteiger partial charge in [-0.3, -0.25) is 9.98 Å². The molecule has 0 fully saturated rings. The topological polar surface area (TPSA) is 138 Å². The number of nitrogens with zero attached hydrogens (tertiary/aromatic N) is 5. The number of amidine groups is 3. The van der Waals surface area contributed by atoms with Crippen molar-refractivity contribution in [2.45, 2.75) is 58.4 Å². The molecule has 2 rings (SSSR count). The number of unbranched alkanes of at least 4 members (excludes halogenated alkanes) is 1. The minimum atomic E-state index is -3.14. The normalized spacial score (nSPS) is 13.3. The summed E-state index contributed by atoms with van der Waals surface area (Å²) in [6, 6.07) is 10.9. The van der Waals surface area contributed by atoms with E-state index >= 15 is 0 Å². The SMILES string of the molecule is CCCCC(=NCc1ccc(-c2ccccc2/C(N)=N/N=N)nc1)N=C(N)C(F)(F)CCC. The monoisotopic (exact) mass is 456 g/mol. The highest BCUT2D eigenvalue weighted by atomic mass is 19.3. The van der Waals surface area contributed by atoms with Gasteiger partial charge >= 0.3 is 5.92 Å². The maximum Gasteiger partial charge on any atom is 0.304 e. The van der Waals surface area contributed by atoms with Gasteiger partial charge in [-0.2, -0.15) is 14.3 Å². The Kier molecular flexibility index (Phi) is 9.71. The van der Waals surface area contributed by atoms with Gasteiger partial charge in [-0.25, -0.2) is 4.99 Å². The second-order valence-electron chi connectivity index (χ2n) is 7.47. The Balaban J connectivity index is 2.25. The van der Waals surface area contributed by atoms with Crippen molar-refractivity contribution in [1.82, 2.24) is 4.98 Å². The lowest BCUT2D eigenvalue weighted by molar-refractivity contribution is 0.0660. The van der Waals surface area contributed by atoms with Crippen LogP contribution >= 0.6 is 0 Å². The van der Waals surface area contributed by atoms with Crippen LogP contribution in [-0.4, -0.2) is 28.4 Å². The molecule has 5 N–H and O–H groups in total. The van der Waals surface area contributed by atoms with E-state index in [1.807, 2.05) is 37.3 Å². The lowest BCUT2D eigenvalue weighted by atomic mass is 10.0. The molecule has 1 aromatic heterocycles. The van der Waals surface area contributed by atoms with E-state index in [2.05, 4.69) is 25.3 Å². The summed E-state index contributed by atoms with van der Waals surface area (Å²) in [7, 11) is 0. The predicted octanol–water partition coefficient (Wildman–Crippen LogP) is 5.28. The summed E-state index contributed by atoms with van der Waals surface area (Å²) in [6.45, 7) is 3.92. The molecule has 1 heterocycles. The molecule has 0 unspecified atom stereocenters. The Bertz CT molecular complexity index is 1010. The molecule has 176 valence electrons. The molecular formula is C23H30F2N8. The van der Waals surface area contributed by atoms with E-state index in [0.717, 1.165) is 24.0 Å². The number of alkyl halides is 2. The largest absolute Gasteiger partial charge is 0.382 e. The Morgan fingerprint density at radius 3 is 2.48 bits per heavy atom. The van der Waals surface area contributed by atoms with Crippen molar-refractivity contribution < 1.29 is 8.78 Å². The summed E-state index contributed by atoms with van der Waals surface area (Å²) in [5.74, 6) is -3.41. The number of halogens is 2. The summed E-state index contributed by atoms with van der Waals surface area (Å²) in [5, 5.41) is 6.57. The molecule has 0 bridgehead atoms. The highest BCUT2D eigenvalue weighted by Crippen LogP contribution is 2.23. The molecule has 2 aromatic rings. The molecule has 0 aliphatic heterocycles. The first kappa shape index (κ1) is 25.7. The van der Waals surface area contributed by atoms with Crippen molar-refractivity contribution in [3.63, 3.8) is 0 Å². The van der Waals surface area contributed by atoms with Crippen molar-refractivity contribution in [1.29, 1.82) is 5.53 Å². The molecule has 10 heteroatoms. The van der Waals surface area contributed by atoms with Crippen molar-refractivity contribution >= 4 is 17.5 Å². The van der Waals surface area contributed by atoms with Crippen LogP contribution in [0.15, 0.2) is 62.9 Å². The van der Waals surface area contributed by atoms with Gasteiger partial charge in [-0.1, -0.05) is 55.8 Å². The molecule has 0 atom stereocenters. The first-order valence-electron chi connectivity index (χ1n) is 10.8. The second-order valence-corrected chi connectivity index (χ2v) is 7.47. The Morgan fingerprint density at radius 2 is 1.85 bits per heavy atom. The third kappa shape index (κ3) is 7.51. The highest BCUT2D eigenvalue weighted by molar-refractivity contribution is 6.03. The average Bonchev–Trinajstić information content (AvgIpc) is 2.81. The van der Waals surface area contributed by atoms with E-state index in [9.17, 15) is 8.78 Å². The fourth-order valence-corrected chi connectivity index (χ4v) is 3.07. The Hall–Kier alpha value is -3.56. The fraction of sp³-hybridized carbons (Fsp3) is 0.391. The van der Waals surface area contributed by atoms with Crippen molar-refractivity contribution in [3.8, 4) is 11.3 Å². The molecule has 1 aromatic carbocycles. The fourth-order valence-electron chi connectivity index (χ4n) is 3.07. The van der Waals surface area contributed by atoms with E-state index < -0.39 is 11.8 Å². The first-order chi connectivity index (χ1) is 15.8. The van der Waals surface area contributed by atoms with Crippen LogP contribution in [0.2, 0.25) is 0 Å². The summed E-state index contributed by atoms with van der Waals surface area (Å²) in [6.07, 6.45) is 3.75. The minimum absolute atomic E-state index is 0.118. The Morgan fingerprint density at radius 1 is 1.09 bits per heavy atom. The van der Waals surface area contributed by atoms with Crippen LogP contribution in [0.4, 0.5) is 8.78 Å². The molecule has 0 spiro atoms. The van der Waals surface area contributed by atoms with Crippen LogP contribution in [0, 0.1) is 5.53 Å². The van der Waals surface area contributed by atoms with E-state index in [-0.39, 0.29) is 18.8 Å². The van der Waals surface area contributed by atoms with Crippen molar-refractivity contribution in [3.05, 3.63) is 53.7 Å². The van der Waals surface area contributed by atoms with Gasteiger partial charge < -0.3 is 11.5 Å². The smallest absolute Gasteiger partial charge is 0.304 e. The molecular weight excluding hydrogens is 426 g/mol. The number of nitrogens with two attached hydrogens (primary N) is 2. The third-order valence-electron chi connectivity index (χ3n) is 4.85. The van der Waals surface area contributed by atoms with E-state index in [4.69, 9.17) is 17.0 Å². The van der Waals surface area contributed by atoms with Gasteiger partial charge in [-0.15, -0.1) is 5.10 Å². The average molecular weight is 457 g/mol. The number of nitrogens with one attached hydrogen (secondary N) is 1. The summed E-state index contributed by atoms with van der Waals surface area (Å²) >= 11 is 0. The molecule has 8 nitrogen and oxygen atoms in total. The van der Waals surface area contributed by atoms with Gasteiger partial charge in [0.15, 0.2) is 11.7 Å². The number of hydrogen-bond acceptors (Lipinski definition) is 4. The van der Waals surface area contributed by atoms with Gasteiger partial charge in [0.05, 0.1) is 12.2 Å². The van der Waals surface area contributed by atoms with Crippen LogP contribution in [0.1, 0.15) is 57.1 Å². The number of aliphatic imine (C=N–C) groups is 2. The van der Waals surface area contributed by atoms with E-state index in [0.29, 0.717) is 29.9 Å². The molecule has 0 aliphatic carbocycles. The van der Waals surface area contributed by atoms with Gasteiger partial charge in [0.2, 0.25) is 0 Å². The Labute approximate surface area is 192 Å². The number of hydrogen-bond donors (Lipinski definition) is 3. The lowest BCUT2D eigenvalue weighted by Crippen LogP contribution is -2.36. The zero-order valence-electron chi connectivity index (χ0n) is 18.9. The molecule has 0 aliphatic rings. The van der Waals surface area contributed by atoms with Crippen molar-refractivity contribution in [2.24, 2.45) is 31.8 Å². The lowest BCUT2D eigenvalue weighted by Gasteiger charge is -2.15. The number of rotatable bonds is 11. The summed E-state index contributed by atoms with van der Waals surface area (Å²) in [4.78, 5) is 12.9. The van der Waals surface area contributed by atoms with Gasteiger partial charge in [0, 0.05) is 30.2 Å². The van der Waals surface area contributed by atoms with Crippen LogP contribution in [0.25, 0.3) is 11.3 Å². The number of aromatic nitrogens is 1. The van der Waals surface area contributed by atoms with E-state index in [1.165, 1.54) is 0 Å². The number of benzene rings is 1. The zero-order chi connectivity index (χ0) is 24.3. The standard InChI is InChI=1S/C23H30F2N8/c1-3-5-10-20(31-22(27)23(24,25)13-4-2)30-15-16-11-12-19(29-14-16)17-8-6-7-9-18(17)21(26)32-33-28/h6-9,11-12,14H,3-5,10,13,15H2,1-2H3,(H3,26,28,32)(H2,27,30,31). The summed E-state index contributed by atoms with van der Waals surface area (Å²) in [5.41, 5.74) is 21.2. The van der Waals surface area contributed by atoms with Crippen LogP contribution in [-0.2, 0) is 6.54 Å². The molecule has 0 saturated carbocycles. The first-order valence-corrected chi connectivity index (χ1v) is 10.8. The molecule has 33 heavy (non-hydrogen) atoms. The van der Waals surface area contributed by atoms with E-state index in [1.54, 1.807) is 19.2 Å². The maximum absolute atomic E-state index is 14.1. The van der Waals surface area contributed by atoms with Crippen LogP contribution in [0.3, 0.4) is 0 Å². The molecule has 0 radical (unpaired) electrons. The third-order valence-corrected chi connectivity index (χ3v) is 4.85. The summed E-state index contributed by atoms with van der Waals surface area (Å²) < 4.78 is 28.1. The quantitative estimate of drug-likeness (QED) is 0.183.